The van der Waals surface area contributed by atoms with Gasteiger partial charge in [0.25, 0.3) is 10.0 Å². The standard InChI is InChI=1S/C15H18N2O4S/c1-10(18)12-4-7-15(8-5-12)22(20,21)17-16-14-6-3-13(9-14)11(2)19/h4-5,7-9,13,16-17H,3,6H2,1-2H3. The fourth-order valence-corrected chi connectivity index (χ4v) is 3.08. The van der Waals surface area contributed by atoms with Crippen LogP contribution in [0.1, 0.15) is 37.0 Å². The van der Waals surface area contributed by atoms with Gasteiger partial charge in [0, 0.05) is 17.2 Å². The Morgan fingerprint density at radius 2 is 1.77 bits per heavy atom. The number of sulfonamides is 1. The topological polar surface area (TPSA) is 92.3 Å². The number of benzene rings is 1. The lowest BCUT2D eigenvalue weighted by Crippen LogP contribution is -2.36. The van der Waals surface area contributed by atoms with Crippen molar-refractivity contribution in [1.82, 2.24) is 10.3 Å². The largest absolute Gasteiger partial charge is 0.312 e. The summed E-state index contributed by atoms with van der Waals surface area (Å²) in [5.74, 6) is -0.206. The van der Waals surface area contributed by atoms with Crippen molar-refractivity contribution in [1.29, 1.82) is 0 Å². The van der Waals surface area contributed by atoms with E-state index in [1.807, 2.05) is 0 Å². The lowest BCUT2D eigenvalue weighted by atomic mass is 10.1. The second-order valence-electron chi connectivity index (χ2n) is 5.26. The summed E-state index contributed by atoms with van der Waals surface area (Å²) < 4.78 is 24.3. The minimum absolute atomic E-state index is 0.0618. The summed E-state index contributed by atoms with van der Waals surface area (Å²) in [6, 6.07) is 5.69. The quantitative estimate of drug-likeness (QED) is 0.612. The highest BCUT2D eigenvalue weighted by Crippen LogP contribution is 2.22. The Hall–Kier alpha value is -1.99. The first-order valence-corrected chi connectivity index (χ1v) is 8.38. The first-order valence-electron chi connectivity index (χ1n) is 6.89. The predicted molar refractivity (Wildman–Crippen MR) is 81.4 cm³/mol. The fourth-order valence-electron chi connectivity index (χ4n) is 2.21. The summed E-state index contributed by atoms with van der Waals surface area (Å²) in [6.45, 7) is 2.94. The minimum Gasteiger partial charge on any atom is -0.312 e. The van der Waals surface area contributed by atoms with E-state index >= 15 is 0 Å². The van der Waals surface area contributed by atoms with Gasteiger partial charge in [-0.3, -0.25) is 9.59 Å². The Morgan fingerprint density at radius 1 is 1.14 bits per heavy atom. The summed E-state index contributed by atoms with van der Waals surface area (Å²) in [4.78, 5) is 24.8. The highest BCUT2D eigenvalue weighted by atomic mass is 32.2. The number of Topliss-reactive ketones (excluding diaryl/α,β-unsaturated/α-hetero) is 2. The molecule has 0 saturated heterocycles. The average Bonchev–Trinajstić information content (AvgIpc) is 2.94. The van der Waals surface area contributed by atoms with Gasteiger partial charge >= 0.3 is 0 Å². The molecule has 118 valence electrons. The van der Waals surface area contributed by atoms with Gasteiger partial charge < -0.3 is 5.43 Å². The van der Waals surface area contributed by atoms with Crippen LogP contribution in [0.2, 0.25) is 0 Å². The van der Waals surface area contributed by atoms with Gasteiger partial charge in [0.1, 0.15) is 5.78 Å². The van der Waals surface area contributed by atoms with E-state index in [0.29, 0.717) is 24.1 Å². The molecule has 0 bridgehead atoms. The molecule has 0 heterocycles. The summed E-state index contributed by atoms with van der Waals surface area (Å²) >= 11 is 0. The van der Waals surface area contributed by atoms with Crippen molar-refractivity contribution >= 4 is 21.6 Å². The highest BCUT2D eigenvalue weighted by molar-refractivity contribution is 7.89. The van der Waals surface area contributed by atoms with Gasteiger partial charge in [0.2, 0.25) is 0 Å². The van der Waals surface area contributed by atoms with Gasteiger partial charge in [-0.25, -0.2) is 8.42 Å². The van der Waals surface area contributed by atoms with Gasteiger partial charge in [-0.05, 0) is 38.8 Å². The summed E-state index contributed by atoms with van der Waals surface area (Å²) in [5, 5.41) is 0. The maximum Gasteiger partial charge on any atom is 0.257 e. The monoisotopic (exact) mass is 322 g/mol. The van der Waals surface area contributed by atoms with Gasteiger partial charge in [0.05, 0.1) is 4.90 Å². The predicted octanol–water partition coefficient (Wildman–Crippen LogP) is 1.56. The first-order chi connectivity index (χ1) is 10.3. The summed E-state index contributed by atoms with van der Waals surface area (Å²) in [7, 11) is -3.73. The molecule has 1 unspecified atom stereocenters. The van der Waals surface area contributed by atoms with Crippen LogP contribution in [-0.4, -0.2) is 20.0 Å². The third-order valence-corrected chi connectivity index (χ3v) is 4.83. The van der Waals surface area contributed by atoms with Gasteiger partial charge in [-0.15, -0.1) is 4.83 Å². The van der Waals surface area contributed by atoms with E-state index in [0.717, 1.165) is 0 Å². The van der Waals surface area contributed by atoms with Crippen LogP contribution in [0, 0.1) is 5.92 Å². The first kappa shape index (κ1) is 16.4. The van der Waals surface area contributed by atoms with Crippen molar-refractivity contribution in [2.45, 2.75) is 31.6 Å². The van der Waals surface area contributed by atoms with Crippen LogP contribution in [0.15, 0.2) is 40.9 Å². The molecule has 0 amide bonds. The molecule has 0 aromatic heterocycles. The fraction of sp³-hybridized carbons (Fsp3) is 0.333. The Labute approximate surface area is 129 Å². The van der Waals surface area contributed by atoms with E-state index < -0.39 is 10.0 Å². The van der Waals surface area contributed by atoms with E-state index in [2.05, 4.69) is 10.3 Å². The molecule has 0 spiro atoms. The lowest BCUT2D eigenvalue weighted by Gasteiger charge is -2.10. The van der Waals surface area contributed by atoms with E-state index in [9.17, 15) is 18.0 Å². The molecule has 1 aliphatic rings. The van der Waals surface area contributed by atoms with Crippen molar-refractivity contribution in [2.24, 2.45) is 5.92 Å². The zero-order valence-corrected chi connectivity index (χ0v) is 13.2. The molecule has 1 aliphatic carbocycles. The van der Waals surface area contributed by atoms with Crippen LogP contribution in [0.25, 0.3) is 0 Å². The van der Waals surface area contributed by atoms with Crippen molar-refractivity contribution in [3.63, 3.8) is 0 Å². The number of hydrazine groups is 1. The molecule has 2 N–H and O–H groups in total. The Balaban J connectivity index is 2.04. The van der Waals surface area contributed by atoms with Crippen molar-refractivity contribution < 1.29 is 18.0 Å². The molecule has 6 nitrogen and oxygen atoms in total. The number of nitrogens with one attached hydrogen (secondary N) is 2. The van der Waals surface area contributed by atoms with Crippen LogP contribution in [0.5, 0.6) is 0 Å². The summed E-state index contributed by atoms with van der Waals surface area (Å²) in [6.07, 6.45) is 3.05. The number of ketones is 2. The highest BCUT2D eigenvalue weighted by Gasteiger charge is 2.21. The third-order valence-electron chi connectivity index (χ3n) is 3.57. The third kappa shape index (κ3) is 3.80. The molecule has 22 heavy (non-hydrogen) atoms. The van der Waals surface area contributed by atoms with Crippen LogP contribution in [0.4, 0.5) is 0 Å². The maximum atomic E-state index is 12.1. The molecule has 1 aromatic rings. The van der Waals surface area contributed by atoms with E-state index in [1.54, 1.807) is 6.08 Å². The number of hydrogen-bond acceptors (Lipinski definition) is 5. The zero-order chi connectivity index (χ0) is 16.3. The van der Waals surface area contributed by atoms with E-state index in [1.165, 1.54) is 38.1 Å². The van der Waals surface area contributed by atoms with Crippen molar-refractivity contribution in [3.8, 4) is 0 Å². The minimum atomic E-state index is -3.73. The average molecular weight is 322 g/mol. The molecule has 1 atom stereocenters. The number of carbonyl (C=O) groups is 2. The van der Waals surface area contributed by atoms with Gasteiger partial charge in [-0.2, -0.15) is 0 Å². The second-order valence-corrected chi connectivity index (χ2v) is 6.94. The van der Waals surface area contributed by atoms with Crippen LogP contribution in [0.3, 0.4) is 0 Å². The van der Waals surface area contributed by atoms with E-state index in [-0.39, 0.29) is 22.4 Å². The number of carbonyl (C=O) groups excluding carboxylic acids is 2. The molecule has 0 fully saturated rings. The molecule has 1 aromatic carbocycles. The maximum absolute atomic E-state index is 12.1. The number of hydrogen-bond donors (Lipinski definition) is 2. The molecule has 2 rings (SSSR count). The van der Waals surface area contributed by atoms with Crippen LogP contribution >= 0.6 is 0 Å². The lowest BCUT2D eigenvalue weighted by molar-refractivity contribution is -0.119. The Kier molecular flexibility index (Phi) is 4.77. The molecule has 0 aliphatic heterocycles. The molecule has 0 radical (unpaired) electrons. The van der Waals surface area contributed by atoms with Gasteiger partial charge in [0.15, 0.2) is 5.78 Å². The number of rotatable bonds is 6. The molecular formula is C15H18N2O4S. The summed E-state index contributed by atoms with van der Waals surface area (Å²) in [5.41, 5.74) is 3.78. The van der Waals surface area contributed by atoms with Crippen molar-refractivity contribution in [3.05, 3.63) is 41.6 Å². The SMILES string of the molecule is CC(=O)c1ccc(S(=O)(=O)NNC2=CC(C(C)=O)CC2)cc1. The molecule has 7 heteroatoms. The normalized spacial score (nSPS) is 17.9. The van der Waals surface area contributed by atoms with Crippen LogP contribution in [-0.2, 0) is 14.8 Å². The zero-order valence-electron chi connectivity index (χ0n) is 12.4. The van der Waals surface area contributed by atoms with E-state index in [4.69, 9.17) is 0 Å². The Morgan fingerprint density at radius 3 is 2.27 bits per heavy atom. The van der Waals surface area contributed by atoms with Crippen LogP contribution < -0.4 is 10.3 Å². The number of allylic oxidation sites excluding steroid dienone is 2. The van der Waals surface area contributed by atoms with Gasteiger partial charge in [-0.1, -0.05) is 18.2 Å². The Bertz CT molecular complexity index is 720. The van der Waals surface area contributed by atoms with Crippen molar-refractivity contribution in [2.75, 3.05) is 0 Å². The second kappa shape index (κ2) is 6.41. The molecule has 0 saturated carbocycles. The molecular weight excluding hydrogens is 304 g/mol. The smallest absolute Gasteiger partial charge is 0.257 e.